The Hall–Kier alpha value is -2.48. The molecule has 9 heteroatoms. The summed E-state index contributed by atoms with van der Waals surface area (Å²) in [6, 6.07) is 3.58. The van der Waals surface area contributed by atoms with Gasteiger partial charge in [-0.15, -0.1) is 0 Å². The van der Waals surface area contributed by atoms with E-state index < -0.39 is 11.7 Å². The molecule has 1 aromatic rings. The number of rotatable bonds is 10. The van der Waals surface area contributed by atoms with E-state index in [1.165, 1.54) is 0 Å². The van der Waals surface area contributed by atoms with E-state index in [1.54, 1.807) is 32.9 Å². The van der Waals surface area contributed by atoms with E-state index in [9.17, 15) is 14.4 Å². The van der Waals surface area contributed by atoms with Crippen molar-refractivity contribution < 1.29 is 23.9 Å². The summed E-state index contributed by atoms with van der Waals surface area (Å²) in [4.78, 5) is 35.1. The van der Waals surface area contributed by atoms with Crippen molar-refractivity contribution in [1.82, 2.24) is 16.0 Å². The number of amides is 3. The summed E-state index contributed by atoms with van der Waals surface area (Å²) in [5, 5.41) is 8.67. The molecule has 168 valence electrons. The van der Waals surface area contributed by atoms with Gasteiger partial charge in [0.1, 0.15) is 11.4 Å². The summed E-state index contributed by atoms with van der Waals surface area (Å²) in [6.07, 6.45) is 0.180. The summed E-state index contributed by atoms with van der Waals surface area (Å²) >= 11 is 6.11. The van der Waals surface area contributed by atoms with Gasteiger partial charge in [0.15, 0.2) is 6.61 Å². The molecule has 1 rings (SSSR count). The van der Waals surface area contributed by atoms with Crippen molar-refractivity contribution in [3.8, 4) is 5.75 Å². The van der Waals surface area contributed by atoms with Gasteiger partial charge in [-0.25, -0.2) is 4.79 Å². The monoisotopic (exact) mass is 441 g/mol. The van der Waals surface area contributed by atoms with E-state index >= 15 is 0 Å². The molecule has 1 aromatic carbocycles. The third-order valence-corrected chi connectivity index (χ3v) is 4.39. The van der Waals surface area contributed by atoms with Gasteiger partial charge in [-0.1, -0.05) is 11.6 Å². The van der Waals surface area contributed by atoms with E-state index in [0.717, 1.165) is 11.1 Å². The van der Waals surface area contributed by atoms with Gasteiger partial charge in [-0.05, 0) is 64.3 Å². The van der Waals surface area contributed by atoms with Crippen molar-refractivity contribution in [3.05, 3.63) is 28.3 Å². The van der Waals surface area contributed by atoms with Gasteiger partial charge < -0.3 is 25.4 Å². The lowest BCUT2D eigenvalue weighted by Crippen LogP contribution is -2.36. The first-order chi connectivity index (χ1) is 14.0. The van der Waals surface area contributed by atoms with Crippen molar-refractivity contribution >= 4 is 29.5 Å². The van der Waals surface area contributed by atoms with Gasteiger partial charge in [0.05, 0.1) is 0 Å². The predicted molar refractivity (Wildman–Crippen MR) is 116 cm³/mol. The molecule has 0 unspecified atom stereocenters. The second-order valence-electron chi connectivity index (χ2n) is 7.89. The Morgan fingerprint density at radius 3 is 2.07 bits per heavy atom. The topological polar surface area (TPSA) is 106 Å². The summed E-state index contributed by atoms with van der Waals surface area (Å²) in [6.45, 7) is 9.99. The first-order valence-electron chi connectivity index (χ1n) is 9.87. The molecule has 0 heterocycles. The Labute approximate surface area is 183 Å². The highest BCUT2D eigenvalue weighted by atomic mass is 35.5. The zero-order chi connectivity index (χ0) is 22.7. The smallest absolute Gasteiger partial charge is 0.407 e. The van der Waals surface area contributed by atoms with Crippen molar-refractivity contribution in [2.75, 3.05) is 26.2 Å². The Morgan fingerprint density at radius 2 is 1.50 bits per heavy atom. The third kappa shape index (κ3) is 10.9. The number of carbonyl (C=O) groups is 3. The lowest BCUT2D eigenvalue weighted by molar-refractivity contribution is -0.123. The first kappa shape index (κ1) is 25.6. The van der Waals surface area contributed by atoms with E-state index in [-0.39, 0.29) is 31.4 Å². The third-order valence-electron chi connectivity index (χ3n) is 3.80. The molecule has 0 aliphatic carbocycles. The summed E-state index contributed by atoms with van der Waals surface area (Å²) < 4.78 is 10.6. The lowest BCUT2D eigenvalue weighted by atomic mass is 10.1. The minimum atomic E-state index is -0.575. The van der Waals surface area contributed by atoms with Crippen LogP contribution in [0.1, 0.15) is 44.7 Å². The van der Waals surface area contributed by atoms with Crippen LogP contribution in [0.2, 0.25) is 5.02 Å². The summed E-state index contributed by atoms with van der Waals surface area (Å²) in [7, 11) is 0. The molecule has 0 aliphatic rings. The van der Waals surface area contributed by atoms with Gasteiger partial charge in [0.2, 0.25) is 5.91 Å². The molecular formula is C21H32ClN3O5. The van der Waals surface area contributed by atoms with Crippen LogP contribution in [0.5, 0.6) is 5.75 Å². The molecule has 0 spiro atoms. The number of carbonyl (C=O) groups excluding carboxylic acids is 3. The molecule has 0 aromatic heterocycles. The SMILES string of the molecule is Cc1cc(OCC(=O)NCCCNC(=O)CCNC(=O)OC(C)(C)C)cc(C)c1Cl. The van der Waals surface area contributed by atoms with E-state index in [1.807, 2.05) is 13.8 Å². The average molecular weight is 442 g/mol. The Kier molecular flexibility index (Phi) is 10.5. The molecule has 0 radical (unpaired) electrons. The van der Waals surface area contributed by atoms with E-state index in [0.29, 0.717) is 30.3 Å². The molecule has 30 heavy (non-hydrogen) atoms. The maximum atomic E-state index is 11.9. The lowest BCUT2D eigenvalue weighted by Gasteiger charge is -2.19. The largest absolute Gasteiger partial charge is 0.484 e. The highest BCUT2D eigenvalue weighted by Crippen LogP contribution is 2.25. The van der Waals surface area contributed by atoms with Crippen LogP contribution in [-0.4, -0.2) is 49.7 Å². The molecule has 8 nitrogen and oxygen atoms in total. The number of ether oxygens (including phenoxy) is 2. The number of benzene rings is 1. The highest BCUT2D eigenvalue weighted by Gasteiger charge is 2.15. The predicted octanol–water partition coefficient (Wildman–Crippen LogP) is 2.87. The molecule has 0 atom stereocenters. The van der Waals surface area contributed by atoms with Crippen LogP contribution >= 0.6 is 11.6 Å². The zero-order valence-electron chi connectivity index (χ0n) is 18.3. The summed E-state index contributed by atoms with van der Waals surface area (Å²) in [5.41, 5.74) is 1.21. The van der Waals surface area contributed by atoms with Gasteiger partial charge in [-0.3, -0.25) is 9.59 Å². The second-order valence-corrected chi connectivity index (χ2v) is 8.27. The number of halogens is 1. The number of alkyl carbamates (subject to hydrolysis) is 1. The normalized spacial score (nSPS) is 10.9. The average Bonchev–Trinajstić information content (AvgIpc) is 2.62. The van der Waals surface area contributed by atoms with Crippen LogP contribution in [0, 0.1) is 13.8 Å². The molecule has 0 fully saturated rings. The Balaban J connectivity index is 2.11. The van der Waals surface area contributed by atoms with Crippen LogP contribution in [0.25, 0.3) is 0 Å². The fraction of sp³-hybridized carbons (Fsp3) is 0.571. The molecule has 0 saturated heterocycles. The highest BCUT2D eigenvalue weighted by molar-refractivity contribution is 6.32. The molecule has 0 saturated carbocycles. The van der Waals surface area contributed by atoms with Crippen LogP contribution in [0.4, 0.5) is 4.79 Å². The van der Waals surface area contributed by atoms with Crippen molar-refractivity contribution in [1.29, 1.82) is 0 Å². The summed E-state index contributed by atoms with van der Waals surface area (Å²) in [5.74, 6) is 0.166. The standard InChI is InChI=1S/C21H32ClN3O5/c1-14-11-16(12-15(2)19(14)22)29-13-18(27)24-9-6-8-23-17(26)7-10-25-20(28)30-21(3,4)5/h11-12H,6-10,13H2,1-5H3,(H,23,26)(H,24,27)(H,25,28). The second kappa shape index (κ2) is 12.3. The van der Waals surface area contributed by atoms with E-state index in [2.05, 4.69) is 16.0 Å². The molecular weight excluding hydrogens is 410 g/mol. The Bertz CT molecular complexity index is 724. The first-order valence-corrected chi connectivity index (χ1v) is 10.3. The van der Waals surface area contributed by atoms with Gasteiger partial charge in [0, 0.05) is 31.1 Å². The quantitative estimate of drug-likeness (QED) is 0.484. The number of hydrogen-bond acceptors (Lipinski definition) is 5. The van der Waals surface area contributed by atoms with Crippen LogP contribution in [0.15, 0.2) is 12.1 Å². The van der Waals surface area contributed by atoms with Crippen molar-refractivity contribution in [3.63, 3.8) is 0 Å². The molecule has 0 aliphatic heterocycles. The van der Waals surface area contributed by atoms with Crippen molar-refractivity contribution in [2.45, 2.75) is 53.1 Å². The van der Waals surface area contributed by atoms with E-state index in [4.69, 9.17) is 21.1 Å². The Morgan fingerprint density at radius 1 is 0.933 bits per heavy atom. The molecule has 3 N–H and O–H groups in total. The van der Waals surface area contributed by atoms with Crippen molar-refractivity contribution in [2.24, 2.45) is 0 Å². The maximum Gasteiger partial charge on any atom is 0.407 e. The fourth-order valence-corrected chi connectivity index (χ4v) is 2.52. The number of hydrogen-bond donors (Lipinski definition) is 3. The van der Waals surface area contributed by atoms with Gasteiger partial charge in [0.25, 0.3) is 5.91 Å². The fourth-order valence-electron chi connectivity index (χ4n) is 2.41. The maximum absolute atomic E-state index is 11.9. The zero-order valence-corrected chi connectivity index (χ0v) is 19.1. The molecule has 0 bridgehead atoms. The van der Waals surface area contributed by atoms with Gasteiger partial charge in [-0.2, -0.15) is 0 Å². The minimum absolute atomic E-state index is 0.0940. The van der Waals surface area contributed by atoms with Crippen LogP contribution in [0.3, 0.4) is 0 Å². The minimum Gasteiger partial charge on any atom is -0.484 e. The van der Waals surface area contributed by atoms with Crippen LogP contribution in [-0.2, 0) is 14.3 Å². The molecule has 3 amide bonds. The van der Waals surface area contributed by atoms with Crippen LogP contribution < -0.4 is 20.7 Å². The number of aryl methyl sites for hydroxylation is 2. The number of nitrogens with one attached hydrogen (secondary N) is 3. The van der Waals surface area contributed by atoms with Gasteiger partial charge >= 0.3 is 6.09 Å².